The number of carboxylic acids is 2. The van der Waals surface area contributed by atoms with E-state index in [1.807, 2.05) is 9.80 Å². The summed E-state index contributed by atoms with van der Waals surface area (Å²) in [6.07, 6.45) is 1.70. The molecule has 0 radical (unpaired) electrons. The van der Waals surface area contributed by atoms with Crippen molar-refractivity contribution < 1.29 is 37.8 Å². The van der Waals surface area contributed by atoms with Crippen molar-refractivity contribution in [2.45, 2.75) is 31.9 Å². The molecule has 2 saturated heterocycles. The highest BCUT2D eigenvalue weighted by Crippen LogP contribution is 2.30. The van der Waals surface area contributed by atoms with Crippen LogP contribution in [0, 0.1) is 0 Å². The average Bonchev–Trinajstić information content (AvgIpc) is 3.20. The third-order valence-electron chi connectivity index (χ3n) is 5.46. The number of carbonyl (C=O) groups is 3. The van der Waals surface area contributed by atoms with Crippen molar-refractivity contribution in [2.24, 2.45) is 0 Å². The summed E-state index contributed by atoms with van der Waals surface area (Å²) in [7, 11) is 0. The minimum atomic E-state index is -4.34. The Kier molecular flexibility index (Phi) is 10.3. The quantitative estimate of drug-likeness (QED) is 0.425. The zero-order valence-electron chi connectivity index (χ0n) is 18.7. The van der Waals surface area contributed by atoms with Crippen molar-refractivity contribution in [3.63, 3.8) is 0 Å². The number of rotatable bonds is 8. The highest BCUT2D eigenvalue weighted by molar-refractivity contribution is 5.89. The molecule has 0 saturated carbocycles. The number of nitrogens with zero attached hydrogens (tertiary/aromatic N) is 4. The van der Waals surface area contributed by atoms with Crippen molar-refractivity contribution in [1.29, 1.82) is 0 Å². The third-order valence-corrected chi connectivity index (χ3v) is 5.46. The van der Waals surface area contributed by atoms with Crippen LogP contribution in [0.15, 0.2) is 30.5 Å². The Bertz CT molecular complexity index is 854. The average molecular weight is 486 g/mol. The van der Waals surface area contributed by atoms with Gasteiger partial charge >= 0.3 is 18.1 Å². The van der Waals surface area contributed by atoms with Crippen molar-refractivity contribution in [1.82, 2.24) is 14.8 Å². The van der Waals surface area contributed by atoms with E-state index in [0.717, 1.165) is 64.1 Å². The smallest absolute Gasteiger partial charge is 0.416 e. The summed E-state index contributed by atoms with van der Waals surface area (Å²) in [5.41, 5.74) is -0.651. The fourth-order valence-corrected chi connectivity index (χ4v) is 3.69. The predicted molar refractivity (Wildman–Crippen MR) is 117 cm³/mol. The molecule has 0 aromatic carbocycles. The van der Waals surface area contributed by atoms with Crippen molar-refractivity contribution >= 4 is 23.7 Å². The monoisotopic (exact) mass is 486 g/mol. The SMILES string of the molecule is O=C(O)/C=C/C(=O)O.O=C1CCCN1CCCCN1CCN(c2cc(C(F)(F)F)ccn2)CC1. The number of alkyl halides is 3. The van der Waals surface area contributed by atoms with Crippen LogP contribution in [0.5, 0.6) is 0 Å². The van der Waals surface area contributed by atoms with Gasteiger partial charge in [0.25, 0.3) is 0 Å². The molecule has 0 aliphatic carbocycles. The number of carbonyl (C=O) groups excluding carboxylic acids is 1. The van der Waals surface area contributed by atoms with E-state index in [1.165, 1.54) is 6.20 Å². The van der Waals surface area contributed by atoms with Gasteiger partial charge in [0.2, 0.25) is 5.91 Å². The van der Waals surface area contributed by atoms with Crippen LogP contribution < -0.4 is 4.90 Å². The molecule has 0 atom stereocenters. The molecule has 188 valence electrons. The molecule has 2 fully saturated rings. The summed E-state index contributed by atoms with van der Waals surface area (Å²) in [4.78, 5) is 40.9. The number of likely N-dealkylation sites (tertiary alicyclic amines) is 1. The molecule has 1 aromatic heterocycles. The number of hydrogen-bond donors (Lipinski definition) is 2. The number of halogens is 3. The molecule has 3 rings (SSSR count). The predicted octanol–water partition coefficient (Wildman–Crippen LogP) is 2.34. The van der Waals surface area contributed by atoms with E-state index in [0.29, 0.717) is 37.5 Å². The first-order valence-corrected chi connectivity index (χ1v) is 11.0. The van der Waals surface area contributed by atoms with Gasteiger partial charge in [0.05, 0.1) is 5.56 Å². The van der Waals surface area contributed by atoms with Crippen LogP contribution in [0.2, 0.25) is 0 Å². The largest absolute Gasteiger partial charge is 0.478 e. The van der Waals surface area contributed by atoms with Gasteiger partial charge < -0.3 is 20.0 Å². The lowest BCUT2D eigenvalue weighted by Gasteiger charge is -2.35. The van der Waals surface area contributed by atoms with Gasteiger partial charge in [-0.2, -0.15) is 13.2 Å². The van der Waals surface area contributed by atoms with E-state index < -0.39 is 23.7 Å². The van der Waals surface area contributed by atoms with Crippen LogP contribution in [0.3, 0.4) is 0 Å². The lowest BCUT2D eigenvalue weighted by molar-refractivity contribution is -0.137. The van der Waals surface area contributed by atoms with Crippen LogP contribution in [0.4, 0.5) is 19.0 Å². The molecule has 0 unspecified atom stereocenters. The molecule has 2 aliphatic rings. The van der Waals surface area contributed by atoms with Crippen LogP contribution in [-0.2, 0) is 20.6 Å². The van der Waals surface area contributed by atoms with Crippen molar-refractivity contribution in [3.8, 4) is 0 Å². The molecular formula is C22H29F3N4O5. The molecule has 2 aliphatic heterocycles. The van der Waals surface area contributed by atoms with E-state index >= 15 is 0 Å². The molecule has 0 spiro atoms. The number of aliphatic carboxylic acids is 2. The minimum absolute atomic E-state index is 0.271. The fourth-order valence-electron chi connectivity index (χ4n) is 3.69. The second kappa shape index (κ2) is 12.9. The van der Waals surface area contributed by atoms with Gasteiger partial charge in [-0.05, 0) is 37.9 Å². The Labute approximate surface area is 195 Å². The van der Waals surface area contributed by atoms with Gasteiger partial charge in [0.1, 0.15) is 5.82 Å². The maximum Gasteiger partial charge on any atom is 0.416 e. The molecule has 1 aromatic rings. The van der Waals surface area contributed by atoms with Crippen LogP contribution >= 0.6 is 0 Å². The molecule has 9 nitrogen and oxygen atoms in total. The lowest BCUT2D eigenvalue weighted by Crippen LogP contribution is -2.47. The number of aromatic nitrogens is 1. The number of piperazine rings is 1. The highest BCUT2D eigenvalue weighted by Gasteiger charge is 2.31. The van der Waals surface area contributed by atoms with Crippen molar-refractivity contribution in [2.75, 3.05) is 50.7 Å². The normalized spacial score (nSPS) is 17.1. The highest BCUT2D eigenvalue weighted by atomic mass is 19.4. The maximum atomic E-state index is 12.8. The Balaban J connectivity index is 0.000000440. The van der Waals surface area contributed by atoms with Gasteiger partial charge in [0.15, 0.2) is 0 Å². The first kappa shape index (κ1) is 27.1. The Hall–Kier alpha value is -3.15. The minimum Gasteiger partial charge on any atom is -0.478 e. The van der Waals surface area contributed by atoms with Crippen LogP contribution in [0.1, 0.15) is 31.2 Å². The molecule has 0 bridgehead atoms. The second-order valence-electron chi connectivity index (χ2n) is 7.93. The fraction of sp³-hybridized carbons (Fsp3) is 0.545. The molecule has 3 heterocycles. The summed E-state index contributed by atoms with van der Waals surface area (Å²) < 4.78 is 38.5. The molecule has 34 heavy (non-hydrogen) atoms. The molecule has 12 heteroatoms. The van der Waals surface area contributed by atoms with Crippen LogP contribution in [-0.4, -0.2) is 88.7 Å². The topological polar surface area (TPSA) is 114 Å². The van der Waals surface area contributed by atoms with E-state index in [4.69, 9.17) is 10.2 Å². The first-order chi connectivity index (χ1) is 16.1. The number of carboxylic acid groups (broad SMARTS) is 2. The third kappa shape index (κ3) is 9.38. The first-order valence-electron chi connectivity index (χ1n) is 11.0. The van der Waals surface area contributed by atoms with E-state index in [9.17, 15) is 27.6 Å². The summed E-state index contributed by atoms with van der Waals surface area (Å²) >= 11 is 0. The molecule has 2 N–H and O–H groups in total. The zero-order valence-corrected chi connectivity index (χ0v) is 18.7. The zero-order chi connectivity index (χ0) is 25.1. The van der Waals surface area contributed by atoms with E-state index in [1.54, 1.807) is 0 Å². The Morgan fingerprint density at radius 2 is 1.62 bits per heavy atom. The van der Waals surface area contributed by atoms with Crippen LogP contribution in [0.25, 0.3) is 0 Å². The molecular weight excluding hydrogens is 457 g/mol. The van der Waals surface area contributed by atoms with Gasteiger partial charge in [-0.25, -0.2) is 14.6 Å². The van der Waals surface area contributed by atoms with Gasteiger partial charge in [-0.15, -0.1) is 0 Å². The summed E-state index contributed by atoms with van der Waals surface area (Å²) in [5, 5.41) is 15.6. The number of hydrogen-bond acceptors (Lipinski definition) is 6. The Morgan fingerprint density at radius 1 is 1.00 bits per heavy atom. The number of unbranched alkanes of at least 4 members (excludes halogenated alkanes) is 1. The van der Waals surface area contributed by atoms with E-state index in [2.05, 4.69) is 9.88 Å². The number of anilines is 1. The number of amides is 1. The van der Waals surface area contributed by atoms with Gasteiger partial charge in [-0.1, -0.05) is 0 Å². The Morgan fingerprint density at radius 3 is 2.15 bits per heavy atom. The van der Waals surface area contributed by atoms with E-state index in [-0.39, 0.29) is 5.91 Å². The standard InChI is InChI=1S/C18H25F3N4O.C4H4O4/c19-18(20,21)15-5-6-22-16(14-15)24-12-10-23(11-13-24)7-1-2-8-25-9-3-4-17(25)26;5-3(6)1-2-4(7)8/h5-6,14H,1-4,7-13H2;1-2H,(H,5,6)(H,7,8)/b;2-1+. The second-order valence-corrected chi connectivity index (χ2v) is 7.93. The van der Waals surface area contributed by atoms with Crippen molar-refractivity contribution in [3.05, 3.63) is 36.0 Å². The van der Waals surface area contributed by atoms with Gasteiger partial charge in [0, 0.05) is 64.0 Å². The summed E-state index contributed by atoms with van der Waals surface area (Å²) in [6, 6.07) is 2.13. The summed E-state index contributed by atoms with van der Waals surface area (Å²) in [5.74, 6) is -1.85. The maximum absolute atomic E-state index is 12.8. The van der Waals surface area contributed by atoms with Gasteiger partial charge in [-0.3, -0.25) is 9.69 Å². The number of pyridine rings is 1. The molecule has 1 amide bonds. The summed E-state index contributed by atoms with van der Waals surface area (Å²) in [6.45, 7) is 5.69. The lowest BCUT2D eigenvalue weighted by atomic mass is 10.2.